The van der Waals surface area contributed by atoms with Crippen LogP contribution in [0.25, 0.3) is 0 Å². The molecule has 0 spiro atoms. The molecule has 0 aromatic heterocycles. The fraction of sp³-hybridized carbons (Fsp3) is 0.450. The summed E-state index contributed by atoms with van der Waals surface area (Å²) < 4.78 is 5.78. The quantitative estimate of drug-likeness (QED) is 0.876. The molecule has 2 unspecified atom stereocenters. The number of benzene rings is 1. The molecule has 2 heterocycles. The molecule has 2 aliphatic rings. The summed E-state index contributed by atoms with van der Waals surface area (Å²) in [4.78, 5) is 21.0. The normalized spacial score (nSPS) is 27.3. The summed E-state index contributed by atoms with van der Waals surface area (Å²) in [6, 6.07) is 8.11. The number of rotatable bonds is 3. The third-order valence-corrected chi connectivity index (χ3v) is 4.67. The number of carbonyl (C=O) groups is 1. The van der Waals surface area contributed by atoms with Crippen molar-refractivity contribution in [2.45, 2.75) is 25.9 Å². The maximum atomic E-state index is 11.8. The van der Waals surface area contributed by atoms with E-state index in [1.54, 1.807) is 13.3 Å². The smallest absolute Gasteiger partial charge is 0.252 e. The van der Waals surface area contributed by atoms with Crippen molar-refractivity contribution < 1.29 is 9.53 Å². The highest BCUT2D eigenvalue weighted by atomic mass is 16.5. The van der Waals surface area contributed by atoms with E-state index in [9.17, 15) is 4.79 Å². The topological polar surface area (TPSA) is 75.1 Å². The molecule has 0 aliphatic carbocycles. The first-order valence-electron chi connectivity index (χ1n) is 9.14. The van der Waals surface area contributed by atoms with Gasteiger partial charge in [-0.1, -0.05) is 25.1 Å². The third kappa shape index (κ3) is 4.65. The molecule has 138 valence electrons. The van der Waals surface area contributed by atoms with Gasteiger partial charge < -0.3 is 15.4 Å². The molecule has 0 saturated carbocycles. The number of aliphatic imine (C=N–C) groups is 2. The van der Waals surface area contributed by atoms with Crippen molar-refractivity contribution >= 4 is 23.6 Å². The van der Waals surface area contributed by atoms with Gasteiger partial charge >= 0.3 is 0 Å². The van der Waals surface area contributed by atoms with Crippen molar-refractivity contribution in [3.05, 3.63) is 41.5 Å². The number of amides is 1. The minimum absolute atomic E-state index is 0.101. The fourth-order valence-electron chi connectivity index (χ4n) is 3.04. The monoisotopic (exact) mass is 354 g/mol. The molecule has 1 saturated heterocycles. The Morgan fingerprint density at radius 3 is 2.85 bits per heavy atom. The van der Waals surface area contributed by atoms with E-state index in [-0.39, 0.29) is 17.9 Å². The van der Waals surface area contributed by atoms with Gasteiger partial charge in [0.2, 0.25) is 0 Å². The lowest BCUT2D eigenvalue weighted by Gasteiger charge is -2.23. The Morgan fingerprint density at radius 2 is 2.15 bits per heavy atom. The van der Waals surface area contributed by atoms with Crippen LogP contribution in [0.3, 0.4) is 0 Å². The average Bonchev–Trinajstić information content (AvgIpc) is 2.68. The molecule has 2 N–H and O–H groups in total. The molecule has 0 radical (unpaired) electrons. The molecule has 1 aromatic rings. The summed E-state index contributed by atoms with van der Waals surface area (Å²) in [7, 11) is 1.63. The zero-order valence-electron chi connectivity index (χ0n) is 15.4. The molecule has 26 heavy (non-hydrogen) atoms. The Kier molecular flexibility index (Phi) is 6.30. The number of hydrogen-bond acceptors (Lipinski definition) is 4. The van der Waals surface area contributed by atoms with E-state index in [0.29, 0.717) is 5.57 Å². The number of ether oxygens (including phenoxy) is 1. The zero-order chi connectivity index (χ0) is 18.4. The number of hydrogen-bond donors (Lipinski definition) is 2. The van der Waals surface area contributed by atoms with Gasteiger partial charge in [-0.05, 0) is 30.5 Å². The van der Waals surface area contributed by atoms with Crippen LogP contribution < -0.4 is 10.6 Å². The number of morpholine rings is 1. The van der Waals surface area contributed by atoms with Crippen LogP contribution in [0.4, 0.5) is 5.69 Å². The number of nitrogens with zero attached hydrogens (tertiary/aromatic N) is 2. The van der Waals surface area contributed by atoms with Gasteiger partial charge in [0, 0.05) is 32.3 Å². The summed E-state index contributed by atoms with van der Waals surface area (Å²) >= 11 is 0. The van der Waals surface area contributed by atoms with Gasteiger partial charge in [0.05, 0.1) is 24.0 Å². The third-order valence-electron chi connectivity index (χ3n) is 4.67. The Labute approximate surface area is 154 Å². The Balaban J connectivity index is 1.77. The van der Waals surface area contributed by atoms with E-state index in [0.717, 1.165) is 49.6 Å². The lowest BCUT2D eigenvalue weighted by atomic mass is 10.0. The van der Waals surface area contributed by atoms with Gasteiger partial charge in [-0.2, -0.15) is 0 Å². The number of carbonyl (C=O) groups excluding carboxylic acids is 1. The highest BCUT2D eigenvalue weighted by Gasteiger charge is 2.16. The van der Waals surface area contributed by atoms with Crippen LogP contribution >= 0.6 is 0 Å². The first kappa shape index (κ1) is 18.5. The van der Waals surface area contributed by atoms with Gasteiger partial charge in [0.1, 0.15) is 5.84 Å². The molecule has 0 bridgehead atoms. The van der Waals surface area contributed by atoms with Crippen LogP contribution in [0, 0.1) is 5.92 Å². The molecule has 6 heteroatoms. The number of likely N-dealkylation sites (N-methyl/N-ethyl adjacent to an activating group) is 1. The lowest BCUT2D eigenvalue weighted by molar-refractivity contribution is -0.116. The van der Waals surface area contributed by atoms with Crippen LogP contribution in [0.15, 0.2) is 45.9 Å². The molecule has 1 amide bonds. The van der Waals surface area contributed by atoms with Crippen molar-refractivity contribution in [3.63, 3.8) is 0 Å². The van der Waals surface area contributed by atoms with Crippen LogP contribution in [0.1, 0.15) is 31.4 Å². The maximum Gasteiger partial charge on any atom is 0.252 e. The Bertz CT molecular complexity index is 716. The van der Waals surface area contributed by atoms with Gasteiger partial charge in [-0.3, -0.25) is 4.79 Å². The molecule has 3 rings (SSSR count). The summed E-state index contributed by atoms with van der Waals surface area (Å²) in [5.41, 5.74) is 2.60. The lowest BCUT2D eigenvalue weighted by Crippen LogP contribution is -2.33. The van der Waals surface area contributed by atoms with Crippen molar-refractivity contribution in [1.29, 1.82) is 0 Å². The number of amidine groups is 1. The van der Waals surface area contributed by atoms with E-state index in [2.05, 4.69) is 34.7 Å². The van der Waals surface area contributed by atoms with Crippen molar-refractivity contribution in [1.82, 2.24) is 10.6 Å². The van der Waals surface area contributed by atoms with E-state index in [1.807, 2.05) is 18.2 Å². The molecular formula is C20H26N4O2. The SMILES string of the molecule is CNC(=O)/C1=C/CCC(C)C(=Nc2ccc(C3CNCCO3)cc2)N=C1. The van der Waals surface area contributed by atoms with Gasteiger partial charge in [-0.15, -0.1) is 0 Å². The Hall–Kier alpha value is -2.31. The second kappa shape index (κ2) is 8.87. The highest BCUT2D eigenvalue weighted by molar-refractivity contribution is 6.14. The molecule has 2 aliphatic heterocycles. The van der Waals surface area contributed by atoms with Crippen molar-refractivity contribution in [3.8, 4) is 0 Å². The summed E-state index contributed by atoms with van der Waals surface area (Å²) in [5.74, 6) is 0.871. The molecular weight excluding hydrogens is 328 g/mol. The molecule has 1 fully saturated rings. The maximum absolute atomic E-state index is 11.8. The largest absolute Gasteiger partial charge is 0.371 e. The summed E-state index contributed by atoms with van der Waals surface area (Å²) in [5, 5.41) is 5.98. The minimum Gasteiger partial charge on any atom is -0.371 e. The van der Waals surface area contributed by atoms with E-state index in [1.165, 1.54) is 0 Å². The standard InChI is InChI=1S/C20H26N4O2/c1-14-4-3-5-16(20(25)21-2)12-23-19(14)24-17-8-6-15(7-9-17)18-13-22-10-11-26-18/h5-9,12,14,18,22H,3-4,10-11,13H2,1-2H3,(H,21,25)/b16-5+,23-12?,24-19?. The fourth-order valence-corrected chi connectivity index (χ4v) is 3.04. The highest BCUT2D eigenvalue weighted by Crippen LogP contribution is 2.23. The average molecular weight is 354 g/mol. The van der Waals surface area contributed by atoms with E-state index < -0.39 is 0 Å². The van der Waals surface area contributed by atoms with Crippen LogP contribution in [-0.4, -0.2) is 44.7 Å². The number of allylic oxidation sites excluding steroid dienone is 1. The van der Waals surface area contributed by atoms with Crippen molar-refractivity contribution in [2.24, 2.45) is 15.9 Å². The predicted octanol–water partition coefficient (Wildman–Crippen LogP) is 2.55. The molecule has 2 atom stereocenters. The van der Waals surface area contributed by atoms with Gasteiger partial charge in [0.15, 0.2) is 0 Å². The van der Waals surface area contributed by atoms with Gasteiger partial charge in [-0.25, -0.2) is 9.98 Å². The van der Waals surface area contributed by atoms with Crippen LogP contribution in [0.5, 0.6) is 0 Å². The molecule has 6 nitrogen and oxygen atoms in total. The Morgan fingerprint density at radius 1 is 1.35 bits per heavy atom. The van der Waals surface area contributed by atoms with Gasteiger partial charge in [0.25, 0.3) is 5.91 Å². The number of nitrogens with one attached hydrogen (secondary N) is 2. The predicted molar refractivity (Wildman–Crippen MR) is 104 cm³/mol. The van der Waals surface area contributed by atoms with Crippen LogP contribution in [-0.2, 0) is 9.53 Å². The second-order valence-electron chi connectivity index (χ2n) is 6.60. The van der Waals surface area contributed by atoms with E-state index >= 15 is 0 Å². The first-order valence-corrected chi connectivity index (χ1v) is 9.14. The molecule has 1 aromatic carbocycles. The zero-order valence-corrected chi connectivity index (χ0v) is 15.4. The summed E-state index contributed by atoms with van der Waals surface area (Å²) in [6.45, 7) is 4.60. The van der Waals surface area contributed by atoms with Crippen molar-refractivity contribution in [2.75, 3.05) is 26.7 Å². The van der Waals surface area contributed by atoms with Crippen LogP contribution in [0.2, 0.25) is 0 Å². The second-order valence-corrected chi connectivity index (χ2v) is 6.60. The minimum atomic E-state index is -0.118. The summed E-state index contributed by atoms with van der Waals surface area (Å²) in [6.07, 6.45) is 5.39. The first-order chi connectivity index (χ1) is 12.7. The van der Waals surface area contributed by atoms with E-state index in [4.69, 9.17) is 9.73 Å².